The number of rotatable bonds is 10. The minimum Gasteiger partial charge on any atom is -0.469 e. The molecule has 2 atom stereocenters. The van der Waals surface area contributed by atoms with Crippen LogP contribution in [0.15, 0.2) is 58.6 Å². The maximum atomic E-state index is 12.6. The Bertz CT molecular complexity index is 859. The van der Waals surface area contributed by atoms with Crippen LogP contribution in [-0.2, 0) is 21.2 Å². The van der Waals surface area contributed by atoms with E-state index in [1.54, 1.807) is 32.2 Å². The van der Waals surface area contributed by atoms with Crippen molar-refractivity contribution >= 4 is 22.0 Å². The summed E-state index contributed by atoms with van der Waals surface area (Å²) in [6.07, 6.45) is 4.52. The van der Waals surface area contributed by atoms with Gasteiger partial charge in [-0.1, -0.05) is 44.2 Å². The lowest BCUT2D eigenvalue weighted by Gasteiger charge is -2.23. The lowest BCUT2D eigenvalue weighted by atomic mass is 10.0. The standard InChI is InChI=1S/C21H28N2O4S/c1-16(2)20(21(24)22-17(3)11-12-19-10-7-14-27-19)23-28(25,26)15-13-18-8-5-4-6-9-18/h4-10,13-17,20,23H,11-12H2,1-3H3,(H,22,24)/b15-13+/t17?,20-/m0/s1. The zero-order chi connectivity index (χ0) is 20.6. The average Bonchev–Trinajstić information content (AvgIpc) is 3.17. The van der Waals surface area contributed by atoms with Gasteiger partial charge in [-0.05, 0) is 43.0 Å². The zero-order valence-electron chi connectivity index (χ0n) is 16.5. The van der Waals surface area contributed by atoms with Gasteiger partial charge in [0.2, 0.25) is 15.9 Å². The second-order valence-electron chi connectivity index (χ2n) is 7.13. The number of hydrogen-bond acceptors (Lipinski definition) is 4. The molecule has 2 aromatic rings. The van der Waals surface area contributed by atoms with Crippen molar-refractivity contribution in [3.05, 3.63) is 65.5 Å². The van der Waals surface area contributed by atoms with Crippen LogP contribution in [-0.4, -0.2) is 26.4 Å². The van der Waals surface area contributed by atoms with Gasteiger partial charge < -0.3 is 9.73 Å². The van der Waals surface area contributed by atoms with Gasteiger partial charge in [0, 0.05) is 17.9 Å². The summed E-state index contributed by atoms with van der Waals surface area (Å²) >= 11 is 0. The first-order chi connectivity index (χ1) is 13.3. The van der Waals surface area contributed by atoms with E-state index in [4.69, 9.17) is 4.42 Å². The number of benzene rings is 1. The number of nitrogens with one attached hydrogen (secondary N) is 2. The number of carbonyl (C=O) groups excluding carboxylic acids is 1. The van der Waals surface area contributed by atoms with E-state index in [1.165, 1.54) is 6.08 Å². The average molecular weight is 405 g/mol. The van der Waals surface area contributed by atoms with Crippen LogP contribution in [0.5, 0.6) is 0 Å². The minimum absolute atomic E-state index is 0.108. The van der Waals surface area contributed by atoms with E-state index in [0.29, 0.717) is 12.8 Å². The molecule has 7 heteroatoms. The van der Waals surface area contributed by atoms with Gasteiger partial charge >= 0.3 is 0 Å². The summed E-state index contributed by atoms with van der Waals surface area (Å²) in [7, 11) is -3.76. The molecular formula is C21H28N2O4S. The van der Waals surface area contributed by atoms with Gasteiger partial charge in [-0.25, -0.2) is 8.42 Å². The van der Waals surface area contributed by atoms with Crippen LogP contribution < -0.4 is 10.0 Å². The Labute approximate surface area is 167 Å². The fraction of sp³-hybridized carbons (Fsp3) is 0.381. The maximum absolute atomic E-state index is 12.6. The minimum atomic E-state index is -3.76. The summed E-state index contributed by atoms with van der Waals surface area (Å²) in [4.78, 5) is 12.6. The van der Waals surface area contributed by atoms with E-state index >= 15 is 0 Å². The smallest absolute Gasteiger partial charge is 0.238 e. The molecule has 28 heavy (non-hydrogen) atoms. The van der Waals surface area contributed by atoms with Crippen molar-refractivity contribution in [2.75, 3.05) is 0 Å². The van der Waals surface area contributed by atoms with Gasteiger partial charge in [-0.15, -0.1) is 0 Å². The van der Waals surface area contributed by atoms with Gasteiger partial charge in [0.05, 0.1) is 6.26 Å². The third-order valence-electron chi connectivity index (χ3n) is 4.27. The Hall–Kier alpha value is -2.38. The van der Waals surface area contributed by atoms with E-state index in [9.17, 15) is 13.2 Å². The predicted octanol–water partition coefficient (Wildman–Crippen LogP) is 3.33. The lowest BCUT2D eigenvalue weighted by Crippen LogP contribution is -2.51. The summed E-state index contributed by atoms with van der Waals surface area (Å²) < 4.78 is 32.6. The van der Waals surface area contributed by atoms with Gasteiger partial charge in [0.1, 0.15) is 11.8 Å². The number of aryl methyl sites for hydroxylation is 1. The Morgan fingerprint density at radius 2 is 1.82 bits per heavy atom. The molecule has 0 aliphatic heterocycles. The second kappa shape index (κ2) is 10.2. The molecule has 0 aliphatic rings. The van der Waals surface area contributed by atoms with Gasteiger partial charge in [0.15, 0.2) is 0 Å². The molecule has 1 amide bonds. The Morgan fingerprint density at radius 1 is 1.11 bits per heavy atom. The first kappa shape index (κ1) is 21.9. The zero-order valence-corrected chi connectivity index (χ0v) is 17.3. The molecule has 152 valence electrons. The summed E-state index contributed by atoms with van der Waals surface area (Å²) in [6, 6.07) is 11.9. The molecule has 0 saturated carbocycles. The molecule has 0 saturated heterocycles. The maximum Gasteiger partial charge on any atom is 0.238 e. The number of sulfonamides is 1. The highest BCUT2D eigenvalue weighted by atomic mass is 32.2. The molecule has 0 radical (unpaired) electrons. The molecule has 0 bridgehead atoms. The lowest BCUT2D eigenvalue weighted by molar-refractivity contribution is -0.124. The van der Waals surface area contributed by atoms with Crippen LogP contribution in [0, 0.1) is 5.92 Å². The summed E-state index contributed by atoms with van der Waals surface area (Å²) in [5.74, 6) is 0.323. The molecule has 1 aromatic heterocycles. The Morgan fingerprint density at radius 3 is 2.43 bits per heavy atom. The molecule has 0 aliphatic carbocycles. The van der Waals surface area contributed by atoms with Crippen molar-refractivity contribution in [3.8, 4) is 0 Å². The SMILES string of the molecule is CC(CCc1ccco1)NC(=O)[C@@H](NS(=O)(=O)/C=C/c1ccccc1)C(C)C. The van der Waals surface area contributed by atoms with Crippen molar-refractivity contribution in [2.45, 2.75) is 45.7 Å². The molecule has 2 N–H and O–H groups in total. The molecule has 0 fully saturated rings. The van der Waals surface area contributed by atoms with Crippen LogP contribution in [0.4, 0.5) is 0 Å². The highest BCUT2D eigenvalue weighted by molar-refractivity contribution is 7.92. The molecule has 1 aromatic carbocycles. The van der Waals surface area contributed by atoms with Crippen molar-refractivity contribution < 1.29 is 17.6 Å². The van der Waals surface area contributed by atoms with Crippen molar-refractivity contribution in [2.24, 2.45) is 5.92 Å². The van der Waals surface area contributed by atoms with Crippen LogP contribution in [0.2, 0.25) is 0 Å². The second-order valence-corrected chi connectivity index (χ2v) is 8.72. The van der Waals surface area contributed by atoms with Gasteiger partial charge in [0.25, 0.3) is 0 Å². The first-order valence-corrected chi connectivity index (χ1v) is 10.9. The third kappa shape index (κ3) is 7.32. The van der Waals surface area contributed by atoms with E-state index in [1.807, 2.05) is 37.3 Å². The summed E-state index contributed by atoms with van der Waals surface area (Å²) in [5.41, 5.74) is 0.768. The Kier molecular flexibility index (Phi) is 8.02. The predicted molar refractivity (Wildman–Crippen MR) is 111 cm³/mol. The number of furan rings is 1. The van der Waals surface area contributed by atoms with Crippen LogP contribution >= 0.6 is 0 Å². The Balaban J connectivity index is 1.95. The van der Waals surface area contributed by atoms with Crippen LogP contribution in [0.3, 0.4) is 0 Å². The molecular weight excluding hydrogens is 376 g/mol. The first-order valence-electron chi connectivity index (χ1n) is 9.35. The van der Waals surface area contributed by atoms with E-state index < -0.39 is 16.1 Å². The quantitative estimate of drug-likeness (QED) is 0.636. The highest BCUT2D eigenvalue weighted by Crippen LogP contribution is 2.09. The highest BCUT2D eigenvalue weighted by Gasteiger charge is 2.27. The molecule has 1 heterocycles. The molecule has 2 rings (SSSR count). The van der Waals surface area contributed by atoms with E-state index in [2.05, 4.69) is 10.0 Å². The molecule has 0 spiro atoms. The number of amides is 1. The largest absolute Gasteiger partial charge is 0.469 e. The fourth-order valence-corrected chi connectivity index (χ4v) is 3.81. The van der Waals surface area contributed by atoms with Crippen LogP contribution in [0.1, 0.15) is 38.5 Å². The van der Waals surface area contributed by atoms with E-state index in [0.717, 1.165) is 16.7 Å². The summed E-state index contributed by atoms with van der Waals surface area (Å²) in [5, 5.41) is 3.98. The topological polar surface area (TPSA) is 88.4 Å². The van der Waals surface area contributed by atoms with Gasteiger partial charge in [-0.2, -0.15) is 4.72 Å². The van der Waals surface area contributed by atoms with Crippen LogP contribution in [0.25, 0.3) is 6.08 Å². The third-order valence-corrected chi connectivity index (χ3v) is 5.35. The number of hydrogen-bond donors (Lipinski definition) is 2. The fourth-order valence-electron chi connectivity index (χ4n) is 2.66. The van der Waals surface area contributed by atoms with Crippen molar-refractivity contribution in [3.63, 3.8) is 0 Å². The normalized spacial score (nSPS) is 14.3. The molecule has 6 nitrogen and oxygen atoms in total. The van der Waals surface area contributed by atoms with Gasteiger partial charge in [-0.3, -0.25) is 4.79 Å². The van der Waals surface area contributed by atoms with E-state index in [-0.39, 0.29) is 17.9 Å². The summed E-state index contributed by atoms with van der Waals surface area (Å²) in [6.45, 7) is 5.50. The van der Waals surface area contributed by atoms with Crippen molar-refractivity contribution in [1.29, 1.82) is 0 Å². The monoisotopic (exact) mass is 404 g/mol. The molecule has 1 unspecified atom stereocenters. The van der Waals surface area contributed by atoms with Crippen molar-refractivity contribution in [1.82, 2.24) is 10.0 Å². The number of carbonyl (C=O) groups is 1.